The summed E-state index contributed by atoms with van der Waals surface area (Å²) in [6, 6.07) is 5.74. The largest absolute Gasteiger partial charge is 0.336 e. The quantitative estimate of drug-likeness (QED) is 0.746. The monoisotopic (exact) mass is 291 g/mol. The maximum atomic E-state index is 12.3. The fourth-order valence-corrected chi connectivity index (χ4v) is 2.61. The van der Waals surface area contributed by atoms with Crippen LogP contribution >= 0.6 is 15.9 Å². The van der Waals surface area contributed by atoms with E-state index in [1.165, 1.54) is 0 Å². The third-order valence-electron chi connectivity index (χ3n) is 2.93. The Morgan fingerprint density at radius 1 is 1.41 bits per heavy atom. The summed E-state index contributed by atoms with van der Waals surface area (Å²) in [5.41, 5.74) is 2.57. The van der Waals surface area contributed by atoms with Gasteiger partial charge >= 0.3 is 0 Å². The van der Waals surface area contributed by atoms with E-state index in [1.807, 2.05) is 22.8 Å². The summed E-state index contributed by atoms with van der Waals surface area (Å²) >= 11 is 3.44. The van der Waals surface area contributed by atoms with Crippen LogP contribution in [0.15, 0.2) is 35.2 Å². The van der Waals surface area contributed by atoms with E-state index in [9.17, 15) is 4.79 Å². The molecule has 0 unspecified atom stereocenters. The highest BCUT2D eigenvalue weighted by atomic mass is 79.9. The number of fused-ring (bicyclic) bond motifs is 3. The van der Waals surface area contributed by atoms with Crippen LogP contribution in [0, 0.1) is 0 Å². The number of benzene rings is 1. The van der Waals surface area contributed by atoms with Gasteiger partial charge in [0.1, 0.15) is 0 Å². The zero-order valence-corrected chi connectivity index (χ0v) is 10.8. The molecule has 1 aromatic heterocycles. The molecule has 3 rings (SSSR count). The molecule has 0 fully saturated rings. The fourth-order valence-electron chi connectivity index (χ4n) is 2.09. The lowest BCUT2D eigenvalue weighted by Crippen LogP contribution is -2.25. The summed E-state index contributed by atoms with van der Waals surface area (Å²) in [7, 11) is 1.80. The zero-order chi connectivity index (χ0) is 12.0. The van der Waals surface area contributed by atoms with Crippen molar-refractivity contribution >= 4 is 21.8 Å². The molecule has 5 heteroatoms. The van der Waals surface area contributed by atoms with Gasteiger partial charge in [-0.25, -0.2) is 4.98 Å². The highest BCUT2D eigenvalue weighted by molar-refractivity contribution is 9.10. The van der Waals surface area contributed by atoms with E-state index in [0.29, 0.717) is 12.1 Å². The lowest BCUT2D eigenvalue weighted by atomic mass is 10.1. The molecule has 1 aliphatic heterocycles. The number of carbonyl (C=O) groups excluding carboxylic acids is 1. The van der Waals surface area contributed by atoms with Crippen LogP contribution in [-0.4, -0.2) is 27.4 Å². The normalized spacial score (nSPS) is 14.2. The molecule has 0 saturated carbocycles. The number of halogens is 1. The first kappa shape index (κ1) is 10.5. The number of carbonyl (C=O) groups is 1. The Morgan fingerprint density at radius 2 is 2.24 bits per heavy atom. The van der Waals surface area contributed by atoms with E-state index >= 15 is 0 Å². The molecule has 1 aliphatic rings. The van der Waals surface area contributed by atoms with Crippen LogP contribution in [0.1, 0.15) is 16.1 Å². The summed E-state index contributed by atoms with van der Waals surface area (Å²) in [5, 5.41) is 0. The highest BCUT2D eigenvalue weighted by Gasteiger charge is 2.25. The van der Waals surface area contributed by atoms with Crippen molar-refractivity contribution in [2.75, 3.05) is 7.05 Å². The van der Waals surface area contributed by atoms with E-state index in [2.05, 4.69) is 20.9 Å². The fraction of sp³-hybridized carbons (Fsp3) is 0.167. The molecule has 1 aromatic carbocycles. The number of hydrogen-bond acceptors (Lipinski definition) is 2. The summed E-state index contributed by atoms with van der Waals surface area (Å²) in [6.45, 7) is 0.569. The van der Waals surface area contributed by atoms with Gasteiger partial charge < -0.3 is 9.47 Å². The van der Waals surface area contributed by atoms with Crippen molar-refractivity contribution in [1.82, 2.24) is 14.5 Å². The first-order chi connectivity index (χ1) is 8.18. The lowest BCUT2D eigenvalue weighted by molar-refractivity contribution is 0.0787. The van der Waals surface area contributed by atoms with E-state index in [0.717, 1.165) is 15.9 Å². The van der Waals surface area contributed by atoms with Gasteiger partial charge in [-0.15, -0.1) is 0 Å². The van der Waals surface area contributed by atoms with Crippen molar-refractivity contribution in [3.8, 4) is 5.69 Å². The van der Waals surface area contributed by atoms with Gasteiger partial charge in [0.25, 0.3) is 5.91 Å². The smallest absolute Gasteiger partial charge is 0.257 e. The summed E-state index contributed by atoms with van der Waals surface area (Å²) in [5.74, 6) is 0.0242. The van der Waals surface area contributed by atoms with Crippen molar-refractivity contribution < 1.29 is 4.79 Å². The number of rotatable bonds is 0. The maximum absolute atomic E-state index is 12.3. The summed E-state index contributed by atoms with van der Waals surface area (Å²) in [6.07, 6.45) is 3.53. The van der Waals surface area contributed by atoms with E-state index in [1.54, 1.807) is 24.5 Å². The first-order valence-electron chi connectivity index (χ1n) is 5.24. The van der Waals surface area contributed by atoms with Gasteiger partial charge in [-0.2, -0.15) is 0 Å². The van der Waals surface area contributed by atoms with Gasteiger partial charge in [-0.3, -0.25) is 4.79 Å². The van der Waals surface area contributed by atoms with Gasteiger partial charge in [0, 0.05) is 11.5 Å². The molecule has 0 atom stereocenters. The number of imidazole rings is 1. The van der Waals surface area contributed by atoms with Crippen molar-refractivity contribution in [3.63, 3.8) is 0 Å². The number of hydrogen-bond donors (Lipinski definition) is 0. The van der Waals surface area contributed by atoms with E-state index in [4.69, 9.17) is 0 Å². The van der Waals surface area contributed by atoms with Gasteiger partial charge in [0.2, 0.25) is 0 Å². The molecule has 1 amide bonds. The first-order valence-corrected chi connectivity index (χ1v) is 6.03. The molecule has 2 heterocycles. The molecule has 0 radical (unpaired) electrons. The Hall–Kier alpha value is -1.62. The SMILES string of the molecule is CN1Cc2cncn2-c2cccc(Br)c2C1=O. The van der Waals surface area contributed by atoms with Crippen molar-refractivity contribution in [2.45, 2.75) is 6.54 Å². The molecule has 0 aliphatic carbocycles. The number of aromatic nitrogens is 2. The predicted octanol–water partition coefficient (Wildman–Crippen LogP) is 2.22. The zero-order valence-electron chi connectivity index (χ0n) is 9.22. The molecule has 17 heavy (non-hydrogen) atoms. The minimum absolute atomic E-state index is 0.0242. The molecule has 0 N–H and O–H groups in total. The van der Waals surface area contributed by atoms with Crippen molar-refractivity contribution in [1.29, 1.82) is 0 Å². The van der Waals surface area contributed by atoms with E-state index < -0.39 is 0 Å². The molecule has 86 valence electrons. The minimum atomic E-state index is 0.0242. The number of nitrogens with zero attached hydrogens (tertiary/aromatic N) is 3. The molecule has 0 saturated heterocycles. The molecule has 0 spiro atoms. The third-order valence-corrected chi connectivity index (χ3v) is 3.59. The average molecular weight is 292 g/mol. The third kappa shape index (κ3) is 1.50. The van der Waals surface area contributed by atoms with Crippen LogP contribution < -0.4 is 0 Å². The second-order valence-electron chi connectivity index (χ2n) is 4.05. The maximum Gasteiger partial charge on any atom is 0.257 e. The Bertz CT molecular complexity index is 606. The second-order valence-corrected chi connectivity index (χ2v) is 4.90. The lowest BCUT2D eigenvalue weighted by Gasteiger charge is -2.14. The average Bonchev–Trinajstić information content (AvgIpc) is 2.72. The van der Waals surface area contributed by atoms with Crippen LogP contribution in [0.25, 0.3) is 5.69 Å². The van der Waals surface area contributed by atoms with Gasteiger partial charge in [-0.1, -0.05) is 6.07 Å². The van der Waals surface area contributed by atoms with Gasteiger partial charge in [0.05, 0.1) is 36.0 Å². The van der Waals surface area contributed by atoms with Crippen LogP contribution in [-0.2, 0) is 6.54 Å². The Morgan fingerprint density at radius 3 is 3.06 bits per heavy atom. The number of amides is 1. The Balaban J connectivity index is 2.36. The van der Waals surface area contributed by atoms with Crippen molar-refractivity contribution in [3.05, 3.63) is 46.5 Å². The molecule has 0 bridgehead atoms. The minimum Gasteiger partial charge on any atom is -0.336 e. The molecular formula is C12H10BrN3O. The molecular weight excluding hydrogens is 282 g/mol. The van der Waals surface area contributed by atoms with Gasteiger partial charge in [-0.05, 0) is 28.1 Å². The van der Waals surface area contributed by atoms with Gasteiger partial charge in [0.15, 0.2) is 0 Å². The van der Waals surface area contributed by atoms with Crippen LogP contribution in [0.5, 0.6) is 0 Å². The highest BCUT2D eigenvalue weighted by Crippen LogP contribution is 2.29. The van der Waals surface area contributed by atoms with Crippen LogP contribution in [0.4, 0.5) is 0 Å². The standard InChI is InChI=1S/C12H10BrN3O/c1-15-6-8-5-14-7-16(8)10-4-2-3-9(13)11(10)12(15)17/h2-5,7H,6H2,1H3. The molecule has 4 nitrogen and oxygen atoms in total. The second kappa shape index (κ2) is 3.70. The van der Waals surface area contributed by atoms with Crippen LogP contribution in [0.3, 0.4) is 0 Å². The Kier molecular flexibility index (Phi) is 2.29. The Labute approximate surface area is 107 Å². The van der Waals surface area contributed by atoms with E-state index in [-0.39, 0.29) is 5.91 Å². The summed E-state index contributed by atoms with van der Waals surface area (Å²) < 4.78 is 2.77. The predicted molar refractivity (Wildman–Crippen MR) is 67.1 cm³/mol. The molecule has 2 aromatic rings. The topological polar surface area (TPSA) is 38.1 Å². The van der Waals surface area contributed by atoms with Crippen molar-refractivity contribution in [2.24, 2.45) is 0 Å². The van der Waals surface area contributed by atoms with Crippen LogP contribution in [0.2, 0.25) is 0 Å². The summed E-state index contributed by atoms with van der Waals surface area (Å²) in [4.78, 5) is 18.1.